The van der Waals surface area contributed by atoms with E-state index < -0.39 is 0 Å². The molecule has 0 bridgehead atoms. The number of benzene rings is 1. The fourth-order valence-electron chi connectivity index (χ4n) is 2.06. The Morgan fingerprint density at radius 1 is 1.35 bits per heavy atom. The molecule has 0 radical (unpaired) electrons. The van der Waals surface area contributed by atoms with E-state index in [-0.39, 0.29) is 5.97 Å². The second kappa shape index (κ2) is 6.06. The van der Waals surface area contributed by atoms with Gasteiger partial charge in [-0.1, -0.05) is 11.6 Å². The quantitative estimate of drug-likeness (QED) is 0.631. The van der Waals surface area contributed by atoms with E-state index in [2.05, 4.69) is 4.98 Å². The summed E-state index contributed by atoms with van der Waals surface area (Å²) in [6.07, 6.45) is 3.13. The van der Waals surface area contributed by atoms with Crippen molar-refractivity contribution in [3.63, 3.8) is 0 Å². The molecule has 1 aromatic carbocycles. The highest BCUT2D eigenvalue weighted by Gasteiger charge is 2.07. The van der Waals surface area contributed by atoms with Crippen molar-refractivity contribution < 1.29 is 9.53 Å². The molecule has 3 nitrogen and oxygen atoms in total. The van der Waals surface area contributed by atoms with Crippen LogP contribution >= 0.6 is 11.6 Å². The number of hydrogen-bond donors (Lipinski definition) is 0. The van der Waals surface area contributed by atoms with Gasteiger partial charge in [-0.05, 0) is 50.6 Å². The number of carbonyl (C=O) groups excluding carboxylic acids is 1. The fraction of sp³-hybridized carbons (Fsp3) is 0.250. The van der Waals surface area contributed by atoms with Gasteiger partial charge >= 0.3 is 5.97 Å². The maximum atomic E-state index is 11.4. The molecule has 20 heavy (non-hydrogen) atoms. The number of aryl methyl sites for hydroxylation is 2. The SMILES string of the molecule is CCOC(=O)/C=C/c1cc(C)cc2c(Cl)cc(C)nc12. The lowest BCUT2D eigenvalue weighted by Crippen LogP contribution is -1.99. The van der Waals surface area contributed by atoms with E-state index in [1.807, 2.05) is 32.0 Å². The Morgan fingerprint density at radius 2 is 2.10 bits per heavy atom. The molecule has 0 N–H and O–H groups in total. The number of carbonyl (C=O) groups is 1. The van der Waals surface area contributed by atoms with Crippen molar-refractivity contribution >= 4 is 34.5 Å². The van der Waals surface area contributed by atoms with Crippen molar-refractivity contribution in [3.8, 4) is 0 Å². The highest BCUT2D eigenvalue weighted by atomic mass is 35.5. The van der Waals surface area contributed by atoms with Crippen LogP contribution in [0.25, 0.3) is 17.0 Å². The zero-order chi connectivity index (χ0) is 14.7. The molecule has 0 unspecified atom stereocenters. The molecule has 0 aliphatic carbocycles. The third-order valence-corrected chi connectivity index (χ3v) is 3.16. The lowest BCUT2D eigenvalue weighted by molar-refractivity contribution is -0.137. The summed E-state index contributed by atoms with van der Waals surface area (Å²) in [6.45, 7) is 6.01. The molecule has 2 rings (SSSR count). The average Bonchev–Trinajstić information content (AvgIpc) is 2.37. The lowest BCUT2D eigenvalue weighted by atomic mass is 10.0. The number of nitrogens with zero attached hydrogens (tertiary/aromatic N) is 1. The van der Waals surface area contributed by atoms with Gasteiger partial charge in [-0.15, -0.1) is 0 Å². The van der Waals surface area contributed by atoms with Gasteiger partial charge < -0.3 is 4.74 Å². The van der Waals surface area contributed by atoms with Crippen molar-refractivity contribution in [2.75, 3.05) is 6.61 Å². The van der Waals surface area contributed by atoms with Crippen LogP contribution in [0.15, 0.2) is 24.3 Å². The third kappa shape index (κ3) is 3.17. The minimum absolute atomic E-state index is 0.360. The molecular weight excluding hydrogens is 274 g/mol. The minimum Gasteiger partial charge on any atom is -0.463 e. The standard InChI is InChI=1S/C16H16ClNO2/c1-4-20-15(19)6-5-12-7-10(2)8-13-14(17)9-11(3)18-16(12)13/h5-9H,4H2,1-3H3/b6-5+. The summed E-state index contributed by atoms with van der Waals surface area (Å²) in [5.41, 5.74) is 3.56. The molecule has 1 heterocycles. The summed E-state index contributed by atoms with van der Waals surface area (Å²) < 4.78 is 4.88. The van der Waals surface area contributed by atoms with Gasteiger partial charge in [0.1, 0.15) is 0 Å². The number of fused-ring (bicyclic) bond motifs is 1. The van der Waals surface area contributed by atoms with Crippen LogP contribution in [-0.4, -0.2) is 17.6 Å². The van der Waals surface area contributed by atoms with Crippen molar-refractivity contribution in [1.82, 2.24) is 4.98 Å². The molecule has 0 atom stereocenters. The van der Waals surface area contributed by atoms with Crippen LogP contribution in [0.4, 0.5) is 0 Å². The minimum atomic E-state index is -0.360. The van der Waals surface area contributed by atoms with Gasteiger partial charge in [0.05, 0.1) is 17.1 Å². The van der Waals surface area contributed by atoms with E-state index in [4.69, 9.17) is 16.3 Å². The number of hydrogen-bond acceptors (Lipinski definition) is 3. The van der Waals surface area contributed by atoms with Crippen LogP contribution in [0.3, 0.4) is 0 Å². The Bertz CT molecular complexity index is 692. The average molecular weight is 290 g/mol. The molecule has 0 saturated heterocycles. The van der Waals surface area contributed by atoms with E-state index in [0.717, 1.165) is 27.7 Å². The lowest BCUT2D eigenvalue weighted by Gasteiger charge is -2.07. The van der Waals surface area contributed by atoms with Gasteiger partial charge in [-0.2, -0.15) is 0 Å². The first-order valence-corrected chi connectivity index (χ1v) is 6.81. The van der Waals surface area contributed by atoms with Crippen LogP contribution in [0.1, 0.15) is 23.7 Å². The number of pyridine rings is 1. The van der Waals surface area contributed by atoms with E-state index in [9.17, 15) is 4.79 Å². The molecule has 2 aromatic rings. The molecular formula is C16H16ClNO2. The zero-order valence-corrected chi connectivity index (χ0v) is 12.5. The Hall–Kier alpha value is -1.87. The van der Waals surface area contributed by atoms with Crippen molar-refractivity contribution in [1.29, 1.82) is 0 Å². The highest BCUT2D eigenvalue weighted by Crippen LogP contribution is 2.27. The molecule has 1 aromatic heterocycles. The number of rotatable bonds is 3. The molecule has 0 spiro atoms. The molecule has 4 heteroatoms. The van der Waals surface area contributed by atoms with Crippen molar-refractivity contribution in [2.24, 2.45) is 0 Å². The van der Waals surface area contributed by atoms with E-state index >= 15 is 0 Å². The summed E-state index contributed by atoms with van der Waals surface area (Å²) in [7, 11) is 0. The molecule has 104 valence electrons. The molecule has 0 saturated carbocycles. The largest absolute Gasteiger partial charge is 0.463 e. The van der Waals surface area contributed by atoms with E-state index in [1.54, 1.807) is 13.0 Å². The summed E-state index contributed by atoms with van der Waals surface area (Å²) in [5.74, 6) is -0.360. The normalized spacial score (nSPS) is 11.2. The number of ether oxygens (including phenoxy) is 1. The predicted octanol–water partition coefficient (Wildman–Crippen LogP) is 4.08. The first-order valence-electron chi connectivity index (χ1n) is 6.43. The Kier molecular flexibility index (Phi) is 4.40. The van der Waals surface area contributed by atoms with Crippen LogP contribution < -0.4 is 0 Å². The first kappa shape index (κ1) is 14.5. The smallest absolute Gasteiger partial charge is 0.330 e. The van der Waals surface area contributed by atoms with Crippen LogP contribution in [0, 0.1) is 13.8 Å². The monoisotopic (exact) mass is 289 g/mol. The topological polar surface area (TPSA) is 39.2 Å². The summed E-state index contributed by atoms with van der Waals surface area (Å²) in [5, 5.41) is 1.56. The Morgan fingerprint density at radius 3 is 2.80 bits per heavy atom. The van der Waals surface area contributed by atoms with Gasteiger partial charge in [0.25, 0.3) is 0 Å². The Balaban J connectivity index is 2.55. The maximum absolute atomic E-state index is 11.4. The van der Waals surface area contributed by atoms with Crippen molar-refractivity contribution in [3.05, 3.63) is 46.1 Å². The third-order valence-electron chi connectivity index (χ3n) is 2.85. The summed E-state index contributed by atoms with van der Waals surface area (Å²) in [6, 6.07) is 5.80. The van der Waals surface area contributed by atoms with Gasteiger partial charge in [0, 0.05) is 22.7 Å². The van der Waals surface area contributed by atoms with Gasteiger partial charge in [0.2, 0.25) is 0 Å². The molecule has 0 fully saturated rings. The van der Waals surface area contributed by atoms with Crippen molar-refractivity contribution in [2.45, 2.75) is 20.8 Å². The Labute approximate surface area is 123 Å². The highest BCUT2D eigenvalue weighted by molar-refractivity contribution is 6.35. The number of halogens is 1. The van der Waals surface area contributed by atoms with Crippen LogP contribution in [0.5, 0.6) is 0 Å². The molecule has 0 amide bonds. The van der Waals surface area contributed by atoms with Crippen LogP contribution in [0.2, 0.25) is 5.02 Å². The van der Waals surface area contributed by atoms with Gasteiger partial charge in [-0.3, -0.25) is 4.98 Å². The first-order chi connectivity index (χ1) is 9.51. The van der Waals surface area contributed by atoms with Gasteiger partial charge in [-0.25, -0.2) is 4.79 Å². The fourth-order valence-corrected chi connectivity index (χ4v) is 2.36. The molecule has 0 aliphatic heterocycles. The summed E-state index contributed by atoms with van der Waals surface area (Å²) in [4.78, 5) is 15.9. The van der Waals surface area contributed by atoms with E-state index in [0.29, 0.717) is 11.6 Å². The predicted molar refractivity (Wildman–Crippen MR) is 81.9 cm³/mol. The number of esters is 1. The van der Waals surface area contributed by atoms with Crippen LogP contribution in [-0.2, 0) is 9.53 Å². The second-order valence-corrected chi connectivity index (χ2v) is 4.99. The second-order valence-electron chi connectivity index (χ2n) is 4.58. The van der Waals surface area contributed by atoms with Gasteiger partial charge in [0.15, 0.2) is 0 Å². The molecule has 0 aliphatic rings. The number of aromatic nitrogens is 1. The maximum Gasteiger partial charge on any atom is 0.330 e. The summed E-state index contributed by atoms with van der Waals surface area (Å²) >= 11 is 6.26. The zero-order valence-electron chi connectivity index (χ0n) is 11.7. The van der Waals surface area contributed by atoms with E-state index in [1.165, 1.54) is 6.08 Å².